The van der Waals surface area contributed by atoms with Gasteiger partial charge in [-0.15, -0.1) is 0 Å². The summed E-state index contributed by atoms with van der Waals surface area (Å²) in [4.78, 5) is 31.9. The zero-order valence-electron chi connectivity index (χ0n) is 7.25. The van der Waals surface area contributed by atoms with E-state index < -0.39 is 5.97 Å². The Morgan fingerprint density at radius 3 is 2.17 bits per heavy atom. The summed E-state index contributed by atoms with van der Waals surface area (Å²) < 4.78 is 4.52. The van der Waals surface area contributed by atoms with Gasteiger partial charge in [0.15, 0.2) is 5.78 Å². The van der Waals surface area contributed by atoms with E-state index in [1.807, 2.05) is 0 Å². The fraction of sp³-hybridized carbons (Fsp3) is 0.625. The monoisotopic (exact) mass is 172 g/mol. The Hall–Kier alpha value is -1.19. The fourth-order valence-corrected chi connectivity index (χ4v) is 0.713. The maximum Gasteiger partial charge on any atom is 0.313 e. The molecule has 4 heteroatoms. The van der Waals surface area contributed by atoms with Gasteiger partial charge in [-0.05, 0) is 13.8 Å². The van der Waals surface area contributed by atoms with E-state index in [2.05, 4.69) is 4.74 Å². The lowest BCUT2D eigenvalue weighted by molar-refractivity contribution is -0.145. The standard InChI is InChI=1S/C8H12O4/c1-3-12-8(11)5-7(10)4-6(2)9/h3-5H2,1-2H3. The van der Waals surface area contributed by atoms with E-state index >= 15 is 0 Å². The van der Waals surface area contributed by atoms with Crippen LogP contribution in [0.25, 0.3) is 0 Å². The van der Waals surface area contributed by atoms with E-state index in [1.165, 1.54) is 6.92 Å². The molecular weight excluding hydrogens is 160 g/mol. The molecule has 0 saturated carbocycles. The SMILES string of the molecule is CCOC(=O)CC(=O)CC(C)=O. The van der Waals surface area contributed by atoms with Crippen LogP contribution in [-0.2, 0) is 19.1 Å². The van der Waals surface area contributed by atoms with Crippen molar-refractivity contribution < 1.29 is 19.1 Å². The first kappa shape index (κ1) is 10.8. The van der Waals surface area contributed by atoms with Gasteiger partial charge in [-0.25, -0.2) is 0 Å². The van der Waals surface area contributed by atoms with Gasteiger partial charge in [0, 0.05) is 0 Å². The minimum Gasteiger partial charge on any atom is -0.466 e. The summed E-state index contributed by atoms with van der Waals surface area (Å²) in [7, 11) is 0. The van der Waals surface area contributed by atoms with Crippen LogP contribution in [0.5, 0.6) is 0 Å². The first-order chi connectivity index (χ1) is 5.56. The minimum absolute atomic E-state index is 0.182. The summed E-state index contributed by atoms with van der Waals surface area (Å²) in [6, 6.07) is 0. The van der Waals surface area contributed by atoms with Crippen LogP contribution in [0.3, 0.4) is 0 Å². The van der Waals surface area contributed by atoms with E-state index in [0.717, 1.165) is 0 Å². The first-order valence-corrected chi connectivity index (χ1v) is 3.73. The maximum atomic E-state index is 10.8. The van der Waals surface area contributed by atoms with Gasteiger partial charge in [-0.2, -0.15) is 0 Å². The van der Waals surface area contributed by atoms with Crippen molar-refractivity contribution in [2.45, 2.75) is 26.7 Å². The summed E-state index contributed by atoms with van der Waals surface area (Å²) in [5.74, 6) is -1.19. The summed E-state index contributed by atoms with van der Waals surface area (Å²) >= 11 is 0. The van der Waals surface area contributed by atoms with Crippen LogP contribution in [0.4, 0.5) is 0 Å². The number of esters is 1. The number of ketones is 2. The van der Waals surface area contributed by atoms with Crippen LogP contribution >= 0.6 is 0 Å². The Labute approximate surface area is 70.9 Å². The number of hydrogen-bond acceptors (Lipinski definition) is 4. The molecule has 0 rings (SSSR count). The van der Waals surface area contributed by atoms with E-state index in [9.17, 15) is 14.4 Å². The Bertz CT molecular complexity index is 195. The number of hydrogen-bond donors (Lipinski definition) is 0. The second-order valence-corrected chi connectivity index (χ2v) is 2.40. The van der Waals surface area contributed by atoms with Crippen molar-refractivity contribution in [1.82, 2.24) is 0 Å². The van der Waals surface area contributed by atoms with Gasteiger partial charge in [0.1, 0.15) is 12.2 Å². The quantitative estimate of drug-likeness (QED) is 0.447. The van der Waals surface area contributed by atoms with Crippen molar-refractivity contribution in [2.75, 3.05) is 6.61 Å². The maximum absolute atomic E-state index is 10.8. The van der Waals surface area contributed by atoms with Crippen LogP contribution in [0.15, 0.2) is 0 Å². The molecule has 0 N–H and O–H groups in total. The van der Waals surface area contributed by atoms with Gasteiger partial charge < -0.3 is 4.74 Å². The lowest BCUT2D eigenvalue weighted by atomic mass is 10.2. The highest BCUT2D eigenvalue weighted by Gasteiger charge is 2.11. The van der Waals surface area contributed by atoms with Crippen molar-refractivity contribution in [1.29, 1.82) is 0 Å². The van der Waals surface area contributed by atoms with Crippen LogP contribution in [0.1, 0.15) is 26.7 Å². The topological polar surface area (TPSA) is 60.4 Å². The third-order valence-corrected chi connectivity index (χ3v) is 1.09. The van der Waals surface area contributed by atoms with Crippen LogP contribution in [0, 0.1) is 0 Å². The van der Waals surface area contributed by atoms with Gasteiger partial charge in [-0.3, -0.25) is 14.4 Å². The highest BCUT2D eigenvalue weighted by Crippen LogP contribution is 1.93. The molecule has 0 spiro atoms. The van der Waals surface area contributed by atoms with Gasteiger partial charge >= 0.3 is 5.97 Å². The average molecular weight is 172 g/mol. The zero-order valence-corrected chi connectivity index (χ0v) is 7.25. The van der Waals surface area contributed by atoms with E-state index in [0.29, 0.717) is 0 Å². The second-order valence-electron chi connectivity index (χ2n) is 2.40. The van der Waals surface area contributed by atoms with Gasteiger partial charge in [-0.1, -0.05) is 0 Å². The molecule has 0 heterocycles. The molecule has 0 bridgehead atoms. The number of carbonyl (C=O) groups excluding carboxylic acids is 3. The van der Waals surface area contributed by atoms with Crippen LogP contribution in [0.2, 0.25) is 0 Å². The predicted molar refractivity (Wildman–Crippen MR) is 41.6 cm³/mol. The Morgan fingerprint density at radius 2 is 1.75 bits per heavy atom. The van der Waals surface area contributed by atoms with Gasteiger partial charge in [0.05, 0.1) is 13.0 Å². The summed E-state index contributed by atoms with van der Waals surface area (Å²) in [6.07, 6.45) is -0.480. The van der Waals surface area contributed by atoms with E-state index in [1.54, 1.807) is 6.92 Å². The number of Topliss-reactive ketones (excluding diaryl/α,β-unsaturated/α-hetero) is 2. The second kappa shape index (κ2) is 5.46. The molecule has 0 amide bonds. The van der Waals surface area contributed by atoms with Gasteiger partial charge in [0.25, 0.3) is 0 Å². The Kier molecular flexibility index (Phi) is 4.92. The van der Waals surface area contributed by atoms with E-state index in [-0.39, 0.29) is 31.0 Å². The average Bonchev–Trinajstić information content (AvgIpc) is 1.84. The summed E-state index contributed by atoms with van der Waals surface area (Å²) in [5.41, 5.74) is 0. The molecule has 0 fully saturated rings. The molecule has 0 radical (unpaired) electrons. The highest BCUT2D eigenvalue weighted by molar-refractivity contribution is 6.04. The zero-order chi connectivity index (χ0) is 9.56. The van der Waals surface area contributed by atoms with Crippen molar-refractivity contribution >= 4 is 17.5 Å². The van der Waals surface area contributed by atoms with Crippen LogP contribution < -0.4 is 0 Å². The molecular formula is C8H12O4. The molecule has 0 aliphatic carbocycles. The molecule has 4 nitrogen and oxygen atoms in total. The number of carbonyl (C=O) groups is 3. The first-order valence-electron chi connectivity index (χ1n) is 3.73. The molecule has 0 aromatic heterocycles. The highest BCUT2D eigenvalue weighted by atomic mass is 16.5. The smallest absolute Gasteiger partial charge is 0.313 e. The Morgan fingerprint density at radius 1 is 1.17 bits per heavy atom. The number of ether oxygens (including phenoxy) is 1. The minimum atomic E-state index is -0.566. The molecule has 12 heavy (non-hydrogen) atoms. The van der Waals surface area contributed by atoms with Crippen molar-refractivity contribution in [3.63, 3.8) is 0 Å². The third-order valence-electron chi connectivity index (χ3n) is 1.09. The molecule has 0 aromatic carbocycles. The lowest BCUT2D eigenvalue weighted by Gasteiger charge is -1.98. The van der Waals surface area contributed by atoms with Crippen molar-refractivity contribution in [3.05, 3.63) is 0 Å². The third kappa shape index (κ3) is 5.58. The number of rotatable bonds is 5. The molecule has 0 aliphatic rings. The van der Waals surface area contributed by atoms with Crippen molar-refractivity contribution in [3.8, 4) is 0 Å². The molecule has 0 aliphatic heterocycles. The van der Waals surface area contributed by atoms with Gasteiger partial charge in [0.2, 0.25) is 0 Å². The van der Waals surface area contributed by atoms with Crippen molar-refractivity contribution in [2.24, 2.45) is 0 Å². The largest absolute Gasteiger partial charge is 0.466 e. The predicted octanol–water partition coefficient (Wildman–Crippen LogP) is 0.488. The summed E-state index contributed by atoms with van der Waals surface area (Å²) in [5, 5.41) is 0. The lowest BCUT2D eigenvalue weighted by Crippen LogP contribution is -2.13. The molecule has 0 saturated heterocycles. The molecule has 0 unspecified atom stereocenters. The molecule has 0 aromatic rings. The van der Waals surface area contributed by atoms with E-state index in [4.69, 9.17) is 0 Å². The Balaban J connectivity index is 3.69. The normalized spacial score (nSPS) is 9.17. The van der Waals surface area contributed by atoms with Crippen LogP contribution in [-0.4, -0.2) is 24.1 Å². The fourth-order valence-electron chi connectivity index (χ4n) is 0.713. The molecule has 0 atom stereocenters. The molecule has 68 valence electrons. The summed E-state index contributed by atoms with van der Waals surface area (Å²) in [6.45, 7) is 3.22.